The second-order valence-corrected chi connectivity index (χ2v) is 6.10. The van der Waals surface area contributed by atoms with Crippen LogP contribution < -0.4 is 11.5 Å². The van der Waals surface area contributed by atoms with Crippen molar-refractivity contribution in [3.8, 4) is 0 Å². The van der Waals surface area contributed by atoms with Crippen LogP contribution in [0.25, 0.3) is 0 Å². The van der Waals surface area contributed by atoms with Crippen LogP contribution in [0.4, 0.5) is 0 Å². The molecule has 0 aromatic heterocycles. The van der Waals surface area contributed by atoms with E-state index >= 15 is 0 Å². The molecule has 0 unspecified atom stereocenters. The molecule has 0 aliphatic rings. The third-order valence-electron chi connectivity index (χ3n) is 3.27. The third kappa shape index (κ3) is 4.78. The van der Waals surface area contributed by atoms with Gasteiger partial charge >= 0.3 is 11.9 Å². The van der Waals surface area contributed by atoms with Gasteiger partial charge in [0.1, 0.15) is 0 Å². The first-order chi connectivity index (χ1) is 10.7. The van der Waals surface area contributed by atoms with Crippen molar-refractivity contribution in [1.29, 1.82) is 0 Å². The molecule has 0 spiro atoms. The molecule has 5 N–H and O–H groups in total. The fourth-order valence-electron chi connectivity index (χ4n) is 1.93. The molecule has 1 rings (SSSR count). The monoisotopic (exact) mass is 340 g/mol. The summed E-state index contributed by atoms with van der Waals surface area (Å²) in [6.45, 7) is 1.89. The molecular formula is C15H20N2O5S. The minimum absolute atomic E-state index is 0.101. The fraction of sp³-hybridized carbons (Fsp3) is 0.400. The van der Waals surface area contributed by atoms with Gasteiger partial charge in [-0.3, -0.25) is 9.59 Å². The summed E-state index contributed by atoms with van der Waals surface area (Å²) < 4.78 is 4.61. The van der Waals surface area contributed by atoms with Crippen LogP contribution in [0.5, 0.6) is 0 Å². The van der Waals surface area contributed by atoms with Crippen LogP contribution in [0.15, 0.2) is 29.2 Å². The number of methoxy groups -OCH3 is 1. The van der Waals surface area contributed by atoms with E-state index < -0.39 is 35.7 Å². The molecule has 0 saturated carbocycles. The van der Waals surface area contributed by atoms with Gasteiger partial charge < -0.3 is 21.3 Å². The van der Waals surface area contributed by atoms with Crippen molar-refractivity contribution in [1.82, 2.24) is 0 Å². The van der Waals surface area contributed by atoms with Gasteiger partial charge in [0.05, 0.1) is 19.6 Å². The zero-order valence-corrected chi connectivity index (χ0v) is 13.8. The number of carbonyl (C=O) groups excluding carboxylic acids is 2. The predicted octanol–water partition coefficient (Wildman–Crippen LogP) is 0.329. The Morgan fingerprint density at radius 2 is 1.96 bits per heavy atom. The molecule has 7 nitrogen and oxygen atoms in total. The van der Waals surface area contributed by atoms with Gasteiger partial charge in [0, 0.05) is 10.6 Å². The smallest absolute Gasteiger partial charge is 0.334 e. The summed E-state index contributed by atoms with van der Waals surface area (Å²) in [7, 11) is 1.11. The third-order valence-corrected chi connectivity index (χ3v) is 4.64. The molecule has 0 fully saturated rings. The quantitative estimate of drug-likeness (QED) is 0.350. The first kappa shape index (κ1) is 19.1. The molecule has 0 heterocycles. The van der Waals surface area contributed by atoms with E-state index in [-0.39, 0.29) is 5.75 Å². The number of hydrogen-bond donors (Lipinski definition) is 3. The number of Topliss-reactive ketones (excluding diaryl/α,β-unsaturated/α-hetero) is 1. The Morgan fingerprint density at radius 3 is 2.48 bits per heavy atom. The first-order valence-electron chi connectivity index (χ1n) is 6.79. The molecule has 23 heavy (non-hydrogen) atoms. The minimum Gasteiger partial charge on any atom is -0.481 e. The predicted molar refractivity (Wildman–Crippen MR) is 86.1 cm³/mol. The van der Waals surface area contributed by atoms with E-state index in [0.717, 1.165) is 17.6 Å². The Labute approximate surface area is 138 Å². The number of carboxylic acid groups (broad SMARTS) is 1. The SMILES string of the molecule is COC(=O)[C@@](N)(CSc1ccccc1C)C(=O)[C@@H](N)CC(=O)O. The molecule has 0 saturated heterocycles. The Hall–Kier alpha value is -1.90. The molecule has 126 valence electrons. The Morgan fingerprint density at radius 1 is 1.35 bits per heavy atom. The molecule has 1 aromatic rings. The summed E-state index contributed by atoms with van der Waals surface area (Å²) >= 11 is 1.21. The van der Waals surface area contributed by atoms with Crippen molar-refractivity contribution < 1.29 is 24.2 Å². The van der Waals surface area contributed by atoms with Crippen molar-refractivity contribution in [3.05, 3.63) is 29.8 Å². The van der Waals surface area contributed by atoms with Crippen LogP contribution in [-0.2, 0) is 19.1 Å². The van der Waals surface area contributed by atoms with Gasteiger partial charge in [-0.2, -0.15) is 0 Å². The van der Waals surface area contributed by atoms with Crippen molar-refractivity contribution in [2.75, 3.05) is 12.9 Å². The van der Waals surface area contributed by atoms with Crippen LogP contribution in [0.1, 0.15) is 12.0 Å². The number of rotatable bonds is 8. The zero-order valence-electron chi connectivity index (χ0n) is 12.9. The standard InChI is InChI=1S/C15H20N2O5S/c1-9-5-3-4-6-11(9)23-8-15(17,14(21)22-2)13(20)10(16)7-12(18)19/h3-6,10H,7-8,16-17H2,1-2H3,(H,18,19)/t10-,15+/m0/s1. The van der Waals surface area contributed by atoms with Gasteiger partial charge in [0.25, 0.3) is 0 Å². The molecule has 0 amide bonds. The van der Waals surface area contributed by atoms with Crippen molar-refractivity contribution in [3.63, 3.8) is 0 Å². The molecule has 8 heteroatoms. The van der Waals surface area contributed by atoms with E-state index in [1.807, 2.05) is 31.2 Å². The number of aryl methyl sites for hydroxylation is 1. The lowest BCUT2D eigenvalue weighted by molar-refractivity contribution is -0.151. The van der Waals surface area contributed by atoms with E-state index in [1.165, 1.54) is 11.8 Å². The highest BCUT2D eigenvalue weighted by Crippen LogP contribution is 2.26. The van der Waals surface area contributed by atoms with E-state index in [9.17, 15) is 14.4 Å². The molecular weight excluding hydrogens is 320 g/mol. The van der Waals surface area contributed by atoms with Crippen molar-refractivity contribution >= 4 is 29.5 Å². The maximum absolute atomic E-state index is 12.4. The van der Waals surface area contributed by atoms with Crippen LogP contribution in [0.3, 0.4) is 0 Å². The maximum Gasteiger partial charge on any atom is 0.334 e. The zero-order chi connectivity index (χ0) is 17.6. The number of nitrogens with two attached hydrogens (primary N) is 2. The minimum atomic E-state index is -2.00. The number of thioether (sulfide) groups is 1. The molecule has 0 aliphatic carbocycles. The van der Waals surface area contributed by atoms with Crippen LogP contribution >= 0.6 is 11.8 Å². The van der Waals surface area contributed by atoms with Crippen LogP contribution in [-0.4, -0.2) is 47.3 Å². The second kappa shape index (κ2) is 8.09. The van der Waals surface area contributed by atoms with Gasteiger partial charge in [0.2, 0.25) is 0 Å². The molecule has 2 atom stereocenters. The number of benzene rings is 1. The Kier molecular flexibility index (Phi) is 6.74. The normalized spacial score (nSPS) is 14.6. The number of carbonyl (C=O) groups is 3. The number of hydrogen-bond acceptors (Lipinski definition) is 7. The highest BCUT2D eigenvalue weighted by Gasteiger charge is 2.45. The van der Waals surface area contributed by atoms with Gasteiger partial charge in [-0.15, -0.1) is 11.8 Å². The molecule has 0 radical (unpaired) electrons. The van der Waals surface area contributed by atoms with E-state index in [1.54, 1.807) is 0 Å². The summed E-state index contributed by atoms with van der Waals surface area (Å²) in [6.07, 6.45) is -0.607. The van der Waals surface area contributed by atoms with E-state index in [4.69, 9.17) is 16.6 Å². The van der Waals surface area contributed by atoms with Crippen molar-refractivity contribution in [2.45, 2.75) is 29.8 Å². The highest BCUT2D eigenvalue weighted by molar-refractivity contribution is 7.99. The topological polar surface area (TPSA) is 133 Å². The van der Waals surface area contributed by atoms with Crippen molar-refractivity contribution in [2.24, 2.45) is 11.5 Å². The van der Waals surface area contributed by atoms with Gasteiger partial charge in [-0.25, -0.2) is 4.79 Å². The van der Waals surface area contributed by atoms with Gasteiger partial charge in [-0.1, -0.05) is 18.2 Å². The number of esters is 1. The van der Waals surface area contributed by atoms with E-state index in [2.05, 4.69) is 4.74 Å². The summed E-state index contributed by atoms with van der Waals surface area (Å²) in [4.78, 5) is 35.9. The molecule has 1 aromatic carbocycles. The Bertz CT molecular complexity index is 607. The van der Waals surface area contributed by atoms with Gasteiger partial charge in [0.15, 0.2) is 11.3 Å². The second-order valence-electron chi connectivity index (χ2n) is 5.09. The van der Waals surface area contributed by atoms with Gasteiger partial charge in [-0.05, 0) is 18.6 Å². The van der Waals surface area contributed by atoms with Crippen LogP contribution in [0, 0.1) is 6.92 Å². The summed E-state index contributed by atoms with van der Waals surface area (Å²) in [5, 5.41) is 8.74. The number of aliphatic carboxylic acids is 1. The lowest BCUT2D eigenvalue weighted by Gasteiger charge is -2.27. The summed E-state index contributed by atoms with van der Waals surface area (Å²) in [6, 6.07) is 6.03. The number of ketones is 1. The number of carboxylic acids is 1. The lowest BCUT2D eigenvalue weighted by atomic mass is 9.91. The highest BCUT2D eigenvalue weighted by atomic mass is 32.2. The Balaban J connectivity index is 2.98. The van der Waals surface area contributed by atoms with E-state index in [0.29, 0.717) is 0 Å². The summed E-state index contributed by atoms with van der Waals surface area (Å²) in [5.74, 6) is -3.14. The number of ether oxygens (including phenoxy) is 1. The van der Waals surface area contributed by atoms with Crippen LogP contribution in [0.2, 0.25) is 0 Å². The maximum atomic E-state index is 12.4. The lowest BCUT2D eigenvalue weighted by Crippen LogP contribution is -2.62. The fourth-order valence-corrected chi connectivity index (χ4v) is 3.05. The summed E-state index contributed by atoms with van der Waals surface area (Å²) in [5.41, 5.74) is 10.5. The largest absolute Gasteiger partial charge is 0.481 e. The molecule has 0 bridgehead atoms. The molecule has 0 aliphatic heterocycles. The first-order valence-corrected chi connectivity index (χ1v) is 7.78. The average molecular weight is 340 g/mol. The average Bonchev–Trinajstić information content (AvgIpc) is 2.51.